The average molecular weight is 373 g/mol. The summed E-state index contributed by atoms with van der Waals surface area (Å²) < 4.78 is 23.1. The molecular formula is C21H24FNO4. The summed E-state index contributed by atoms with van der Waals surface area (Å²) in [7, 11) is 1.60. The number of methoxy groups -OCH3 is 1. The summed E-state index contributed by atoms with van der Waals surface area (Å²) in [5.74, 6) is -0.313. The second-order valence-corrected chi connectivity index (χ2v) is 6.15. The maximum Gasteiger partial charge on any atom is 0.306 e. The van der Waals surface area contributed by atoms with Crippen LogP contribution in [0.1, 0.15) is 24.5 Å². The Morgan fingerprint density at radius 2 is 1.59 bits per heavy atom. The van der Waals surface area contributed by atoms with Crippen molar-refractivity contribution in [2.75, 3.05) is 13.7 Å². The number of ether oxygens (including phenoxy) is 2. The molecule has 0 saturated carbocycles. The van der Waals surface area contributed by atoms with Crippen LogP contribution in [-0.4, -0.2) is 31.6 Å². The van der Waals surface area contributed by atoms with Crippen LogP contribution in [0.2, 0.25) is 0 Å². The number of aryl methyl sites for hydroxylation is 1. The monoisotopic (exact) mass is 373 g/mol. The molecule has 0 radical (unpaired) electrons. The highest BCUT2D eigenvalue weighted by Gasteiger charge is 2.17. The Labute approximate surface area is 158 Å². The van der Waals surface area contributed by atoms with Gasteiger partial charge in [0.15, 0.2) is 6.10 Å². The molecule has 0 aliphatic carbocycles. The van der Waals surface area contributed by atoms with Gasteiger partial charge in [0.2, 0.25) is 0 Å². The summed E-state index contributed by atoms with van der Waals surface area (Å²) in [6.45, 7) is 1.93. The molecule has 0 aliphatic rings. The topological polar surface area (TPSA) is 64.6 Å². The maximum absolute atomic E-state index is 12.8. The zero-order chi connectivity index (χ0) is 19.6. The molecule has 0 saturated heterocycles. The number of benzene rings is 2. The predicted octanol–water partition coefficient (Wildman–Crippen LogP) is 3.06. The molecule has 0 aliphatic heterocycles. The van der Waals surface area contributed by atoms with Crippen LogP contribution >= 0.6 is 0 Å². The molecule has 6 heteroatoms. The van der Waals surface area contributed by atoms with Crippen molar-refractivity contribution in [3.63, 3.8) is 0 Å². The van der Waals surface area contributed by atoms with E-state index in [0.29, 0.717) is 19.4 Å². The maximum atomic E-state index is 12.8. The number of halogens is 1. The molecule has 1 amide bonds. The van der Waals surface area contributed by atoms with Crippen LogP contribution in [-0.2, 0) is 27.2 Å². The number of hydrogen-bond acceptors (Lipinski definition) is 4. The molecule has 2 rings (SSSR count). The largest absolute Gasteiger partial charge is 0.497 e. The van der Waals surface area contributed by atoms with E-state index in [1.165, 1.54) is 12.1 Å². The highest BCUT2D eigenvalue weighted by atomic mass is 19.1. The minimum absolute atomic E-state index is 0.194. The van der Waals surface area contributed by atoms with Crippen molar-refractivity contribution >= 4 is 11.9 Å². The lowest BCUT2D eigenvalue weighted by Gasteiger charge is -2.13. The first-order valence-corrected chi connectivity index (χ1v) is 8.82. The summed E-state index contributed by atoms with van der Waals surface area (Å²) in [6, 6.07) is 13.5. The standard InChI is InChI=1S/C21H24FNO4/c1-15(21(25)23-14-13-17-3-8-18(22)9-4-17)27-20(24)12-7-16-5-10-19(26-2)11-6-16/h3-6,8-11,15H,7,12-14H2,1-2H3,(H,23,25). The van der Waals surface area contributed by atoms with Gasteiger partial charge in [-0.3, -0.25) is 9.59 Å². The summed E-state index contributed by atoms with van der Waals surface area (Å²) >= 11 is 0. The van der Waals surface area contributed by atoms with Crippen LogP contribution in [0.4, 0.5) is 4.39 Å². The van der Waals surface area contributed by atoms with Crippen LogP contribution in [0.15, 0.2) is 48.5 Å². The van der Waals surface area contributed by atoms with Crippen LogP contribution in [0.5, 0.6) is 5.75 Å². The third-order valence-corrected chi connectivity index (χ3v) is 4.08. The lowest BCUT2D eigenvalue weighted by atomic mass is 10.1. The molecule has 144 valence electrons. The van der Waals surface area contributed by atoms with E-state index in [9.17, 15) is 14.0 Å². The number of rotatable bonds is 9. The third kappa shape index (κ3) is 7.09. The van der Waals surface area contributed by atoms with Crippen molar-refractivity contribution in [1.82, 2.24) is 5.32 Å². The molecule has 1 unspecified atom stereocenters. The molecule has 0 bridgehead atoms. The molecule has 0 aromatic heterocycles. The fraction of sp³-hybridized carbons (Fsp3) is 0.333. The van der Waals surface area contributed by atoms with Gasteiger partial charge in [0.1, 0.15) is 11.6 Å². The molecule has 0 spiro atoms. The van der Waals surface area contributed by atoms with E-state index < -0.39 is 12.1 Å². The van der Waals surface area contributed by atoms with Gasteiger partial charge in [0.05, 0.1) is 7.11 Å². The van der Waals surface area contributed by atoms with Gasteiger partial charge in [-0.05, 0) is 55.2 Å². The van der Waals surface area contributed by atoms with Gasteiger partial charge in [-0.2, -0.15) is 0 Å². The molecule has 0 fully saturated rings. The second kappa shape index (κ2) is 10.3. The van der Waals surface area contributed by atoms with E-state index in [-0.39, 0.29) is 18.1 Å². The van der Waals surface area contributed by atoms with Crippen LogP contribution in [0.25, 0.3) is 0 Å². The lowest BCUT2D eigenvalue weighted by Crippen LogP contribution is -2.36. The first-order chi connectivity index (χ1) is 13.0. The highest BCUT2D eigenvalue weighted by Crippen LogP contribution is 2.13. The number of nitrogens with one attached hydrogen (secondary N) is 1. The number of carbonyl (C=O) groups is 2. The van der Waals surface area contributed by atoms with Gasteiger partial charge >= 0.3 is 5.97 Å². The number of carbonyl (C=O) groups excluding carboxylic acids is 2. The van der Waals surface area contributed by atoms with E-state index in [1.807, 2.05) is 24.3 Å². The summed E-state index contributed by atoms with van der Waals surface area (Å²) in [6.07, 6.45) is 0.437. The number of hydrogen-bond donors (Lipinski definition) is 1. The third-order valence-electron chi connectivity index (χ3n) is 4.08. The Balaban J connectivity index is 1.67. The lowest BCUT2D eigenvalue weighted by molar-refractivity contribution is -0.154. The van der Waals surface area contributed by atoms with Crippen molar-refractivity contribution in [2.45, 2.75) is 32.3 Å². The van der Waals surface area contributed by atoms with Crippen LogP contribution < -0.4 is 10.1 Å². The Hall–Kier alpha value is -2.89. The van der Waals surface area contributed by atoms with Crippen molar-refractivity contribution in [1.29, 1.82) is 0 Å². The van der Waals surface area contributed by atoms with Gasteiger partial charge in [-0.15, -0.1) is 0 Å². The van der Waals surface area contributed by atoms with Gasteiger partial charge < -0.3 is 14.8 Å². The Kier molecular flexibility index (Phi) is 7.79. The smallest absolute Gasteiger partial charge is 0.306 e. The molecule has 2 aromatic carbocycles. The first-order valence-electron chi connectivity index (χ1n) is 8.82. The van der Waals surface area contributed by atoms with Gasteiger partial charge in [-0.25, -0.2) is 4.39 Å². The zero-order valence-corrected chi connectivity index (χ0v) is 15.5. The second-order valence-electron chi connectivity index (χ2n) is 6.15. The van der Waals surface area contributed by atoms with E-state index in [2.05, 4.69) is 5.32 Å². The fourth-order valence-electron chi connectivity index (χ4n) is 2.47. The SMILES string of the molecule is COc1ccc(CCC(=O)OC(C)C(=O)NCCc2ccc(F)cc2)cc1. The van der Waals surface area contributed by atoms with Crippen LogP contribution in [0.3, 0.4) is 0 Å². The van der Waals surface area contributed by atoms with E-state index in [4.69, 9.17) is 9.47 Å². The van der Waals surface area contributed by atoms with Gasteiger partial charge in [0.25, 0.3) is 5.91 Å². The highest BCUT2D eigenvalue weighted by molar-refractivity contribution is 5.83. The Morgan fingerprint density at radius 1 is 1.00 bits per heavy atom. The molecule has 27 heavy (non-hydrogen) atoms. The van der Waals surface area contributed by atoms with Crippen molar-refractivity contribution in [2.24, 2.45) is 0 Å². The molecule has 2 aromatic rings. The summed E-state index contributed by atoms with van der Waals surface area (Å²) in [4.78, 5) is 23.9. The molecule has 1 atom stereocenters. The molecule has 5 nitrogen and oxygen atoms in total. The minimum Gasteiger partial charge on any atom is -0.497 e. The average Bonchev–Trinajstić information content (AvgIpc) is 2.68. The van der Waals surface area contributed by atoms with E-state index in [0.717, 1.165) is 16.9 Å². The first kappa shape index (κ1) is 20.4. The van der Waals surface area contributed by atoms with Gasteiger partial charge in [0, 0.05) is 13.0 Å². The van der Waals surface area contributed by atoms with Crippen molar-refractivity contribution in [3.05, 3.63) is 65.5 Å². The summed E-state index contributed by atoms with van der Waals surface area (Å²) in [5.41, 5.74) is 1.91. The zero-order valence-electron chi connectivity index (χ0n) is 15.5. The van der Waals surface area contributed by atoms with E-state index >= 15 is 0 Å². The quantitative estimate of drug-likeness (QED) is 0.686. The molecular weight excluding hydrogens is 349 g/mol. The Morgan fingerprint density at radius 3 is 2.22 bits per heavy atom. The van der Waals surface area contributed by atoms with Crippen molar-refractivity contribution in [3.8, 4) is 5.75 Å². The normalized spacial score (nSPS) is 11.5. The molecule has 0 heterocycles. The van der Waals surface area contributed by atoms with Crippen molar-refractivity contribution < 1.29 is 23.5 Å². The summed E-state index contributed by atoms with van der Waals surface area (Å²) in [5, 5.41) is 2.71. The number of amides is 1. The minimum atomic E-state index is -0.860. The van der Waals surface area contributed by atoms with Gasteiger partial charge in [-0.1, -0.05) is 24.3 Å². The predicted molar refractivity (Wildman–Crippen MR) is 100.0 cm³/mol. The molecule has 1 N–H and O–H groups in total. The number of esters is 1. The Bertz CT molecular complexity index is 744. The fourth-order valence-corrected chi connectivity index (χ4v) is 2.47. The van der Waals surface area contributed by atoms with Crippen LogP contribution in [0, 0.1) is 5.82 Å². The van der Waals surface area contributed by atoms with E-state index in [1.54, 1.807) is 26.2 Å².